The molecule has 0 saturated heterocycles. The number of rotatable bonds is 5. The van der Waals surface area contributed by atoms with Gasteiger partial charge in [-0.05, 0) is 43.2 Å². The second-order valence-electron chi connectivity index (χ2n) is 6.25. The van der Waals surface area contributed by atoms with Crippen LogP contribution in [0.3, 0.4) is 0 Å². The van der Waals surface area contributed by atoms with Gasteiger partial charge in [-0.2, -0.15) is 0 Å². The highest BCUT2D eigenvalue weighted by Gasteiger charge is 2.40. The minimum absolute atomic E-state index is 0.187. The summed E-state index contributed by atoms with van der Waals surface area (Å²) in [6.45, 7) is 6.63. The molecular weight excluding hydrogens is 234 g/mol. The van der Waals surface area contributed by atoms with E-state index in [-0.39, 0.29) is 11.3 Å². The van der Waals surface area contributed by atoms with Crippen LogP contribution in [-0.2, 0) is 11.2 Å². The van der Waals surface area contributed by atoms with Gasteiger partial charge in [0.05, 0.1) is 5.41 Å². The lowest BCUT2D eigenvalue weighted by Crippen LogP contribution is -2.42. The summed E-state index contributed by atoms with van der Waals surface area (Å²) in [5.41, 5.74) is 2.11. The number of carbonyl (C=O) groups excluding carboxylic acids is 1. The van der Waals surface area contributed by atoms with E-state index in [0.29, 0.717) is 5.92 Å². The third-order valence-electron chi connectivity index (χ3n) is 4.20. The van der Waals surface area contributed by atoms with E-state index in [1.54, 1.807) is 0 Å². The lowest BCUT2D eigenvalue weighted by molar-refractivity contribution is -0.127. The number of fused-ring (bicyclic) bond motifs is 1. The zero-order valence-electron chi connectivity index (χ0n) is 12.3. The first-order valence-corrected chi connectivity index (χ1v) is 7.47. The van der Waals surface area contributed by atoms with Gasteiger partial charge in [-0.1, -0.05) is 45.4 Å². The van der Waals surface area contributed by atoms with Gasteiger partial charge in [0, 0.05) is 5.69 Å². The maximum atomic E-state index is 12.6. The molecule has 1 aromatic rings. The van der Waals surface area contributed by atoms with E-state index in [1.807, 2.05) is 12.1 Å². The van der Waals surface area contributed by atoms with Crippen molar-refractivity contribution < 1.29 is 4.79 Å². The zero-order valence-corrected chi connectivity index (χ0v) is 12.3. The van der Waals surface area contributed by atoms with E-state index in [2.05, 4.69) is 38.2 Å². The zero-order chi connectivity index (χ0) is 13.9. The Morgan fingerprint density at radius 2 is 2.00 bits per heavy atom. The minimum Gasteiger partial charge on any atom is -0.325 e. The quantitative estimate of drug-likeness (QED) is 0.834. The summed E-state index contributed by atoms with van der Waals surface area (Å²) >= 11 is 0. The average Bonchev–Trinajstić information content (AvgIpc) is 2.38. The summed E-state index contributed by atoms with van der Waals surface area (Å²) in [5, 5.41) is 3.12. The summed E-state index contributed by atoms with van der Waals surface area (Å²) in [4.78, 5) is 12.6. The highest BCUT2D eigenvalue weighted by Crippen LogP contribution is 2.41. The Bertz CT molecular complexity index is 452. The van der Waals surface area contributed by atoms with Crippen LogP contribution in [0.4, 0.5) is 5.69 Å². The van der Waals surface area contributed by atoms with Crippen molar-refractivity contribution in [2.24, 2.45) is 11.3 Å². The van der Waals surface area contributed by atoms with Gasteiger partial charge < -0.3 is 5.32 Å². The largest absolute Gasteiger partial charge is 0.325 e. The maximum absolute atomic E-state index is 12.6. The predicted molar refractivity (Wildman–Crippen MR) is 80.2 cm³/mol. The molecule has 1 amide bonds. The molecule has 1 atom stereocenters. The molecule has 1 N–H and O–H groups in total. The van der Waals surface area contributed by atoms with E-state index in [4.69, 9.17) is 0 Å². The number of carbonyl (C=O) groups is 1. The van der Waals surface area contributed by atoms with Crippen molar-refractivity contribution in [1.82, 2.24) is 0 Å². The average molecular weight is 259 g/mol. The maximum Gasteiger partial charge on any atom is 0.230 e. The molecule has 0 spiro atoms. The topological polar surface area (TPSA) is 29.1 Å². The van der Waals surface area contributed by atoms with Gasteiger partial charge in [0.2, 0.25) is 5.91 Å². The Kier molecular flexibility index (Phi) is 4.28. The number of hydrogen-bond acceptors (Lipinski definition) is 1. The first-order chi connectivity index (χ1) is 9.07. The summed E-state index contributed by atoms with van der Waals surface area (Å²) in [6, 6.07) is 8.20. The fourth-order valence-corrected chi connectivity index (χ4v) is 3.07. The third kappa shape index (κ3) is 2.99. The van der Waals surface area contributed by atoms with Gasteiger partial charge >= 0.3 is 0 Å². The van der Waals surface area contributed by atoms with E-state index >= 15 is 0 Å². The van der Waals surface area contributed by atoms with Crippen molar-refractivity contribution in [2.45, 2.75) is 52.9 Å². The molecule has 19 heavy (non-hydrogen) atoms. The van der Waals surface area contributed by atoms with Crippen LogP contribution in [0, 0.1) is 11.3 Å². The van der Waals surface area contributed by atoms with Crippen LogP contribution in [0.25, 0.3) is 0 Å². The highest BCUT2D eigenvalue weighted by molar-refractivity contribution is 5.98. The van der Waals surface area contributed by atoms with Crippen LogP contribution in [-0.4, -0.2) is 5.91 Å². The predicted octanol–water partition coefficient (Wildman–Crippen LogP) is 4.40. The van der Waals surface area contributed by atoms with Crippen LogP contribution in [0.5, 0.6) is 0 Å². The van der Waals surface area contributed by atoms with Crippen LogP contribution in [0.15, 0.2) is 24.3 Å². The second-order valence-corrected chi connectivity index (χ2v) is 6.25. The first-order valence-electron chi connectivity index (χ1n) is 7.47. The molecule has 1 heterocycles. The number of anilines is 1. The standard InChI is InChI=1S/C17H25NO/c1-4-10-17(11-9-13(2)3)12-14-7-5-6-8-15(14)18-16(17)19/h5-8,13H,4,9-12H2,1-3H3,(H,18,19). The van der Waals surface area contributed by atoms with Crippen molar-refractivity contribution in [2.75, 3.05) is 5.32 Å². The molecular formula is C17H25NO. The molecule has 0 aliphatic carbocycles. The molecule has 2 nitrogen and oxygen atoms in total. The fraction of sp³-hybridized carbons (Fsp3) is 0.588. The van der Waals surface area contributed by atoms with Gasteiger partial charge in [0.1, 0.15) is 0 Å². The second kappa shape index (κ2) is 5.77. The lowest BCUT2D eigenvalue weighted by atomic mass is 9.70. The molecule has 1 aromatic carbocycles. The smallest absolute Gasteiger partial charge is 0.230 e. The fourth-order valence-electron chi connectivity index (χ4n) is 3.07. The minimum atomic E-state index is -0.187. The number of nitrogens with one attached hydrogen (secondary N) is 1. The molecule has 2 heteroatoms. The Labute approximate surface area is 116 Å². The van der Waals surface area contributed by atoms with Gasteiger partial charge in [-0.3, -0.25) is 4.79 Å². The first kappa shape index (κ1) is 14.1. The summed E-state index contributed by atoms with van der Waals surface area (Å²) in [5.74, 6) is 0.882. The van der Waals surface area contributed by atoms with E-state index in [1.165, 1.54) is 5.56 Å². The molecule has 0 radical (unpaired) electrons. The number of benzene rings is 1. The van der Waals surface area contributed by atoms with Crippen molar-refractivity contribution in [3.63, 3.8) is 0 Å². The van der Waals surface area contributed by atoms with Crippen LogP contribution >= 0.6 is 0 Å². The van der Waals surface area contributed by atoms with Gasteiger partial charge in [-0.25, -0.2) is 0 Å². The molecule has 0 fully saturated rings. The number of amides is 1. The highest BCUT2D eigenvalue weighted by atomic mass is 16.2. The Hall–Kier alpha value is -1.31. The van der Waals surface area contributed by atoms with Crippen molar-refractivity contribution >= 4 is 11.6 Å². The molecule has 1 unspecified atom stereocenters. The van der Waals surface area contributed by atoms with Crippen LogP contribution < -0.4 is 5.32 Å². The molecule has 1 aliphatic heterocycles. The lowest BCUT2D eigenvalue weighted by Gasteiger charge is -2.37. The monoisotopic (exact) mass is 259 g/mol. The molecule has 0 aromatic heterocycles. The molecule has 0 bridgehead atoms. The molecule has 2 rings (SSSR count). The van der Waals surface area contributed by atoms with Gasteiger partial charge in [0.15, 0.2) is 0 Å². The third-order valence-corrected chi connectivity index (χ3v) is 4.20. The molecule has 104 valence electrons. The van der Waals surface area contributed by atoms with Crippen molar-refractivity contribution in [1.29, 1.82) is 0 Å². The summed E-state index contributed by atoms with van der Waals surface area (Å²) in [7, 11) is 0. The van der Waals surface area contributed by atoms with Gasteiger partial charge in [-0.15, -0.1) is 0 Å². The van der Waals surface area contributed by atoms with Crippen molar-refractivity contribution in [3.05, 3.63) is 29.8 Å². The van der Waals surface area contributed by atoms with E-state index < -0.39 is 0 Å². The summed E-state index contributed by atoms with van der Waals surface area (Å²) < 4.78 is 0. The SMILES string of the molecule is CCCC1(CCC(C)C)Cc2ccccc2NC1=O. The van der Waals surface area contributed by atoms with E-state index in [9.17, 15) is 4.79 Å². The van der Waals surface area contributed by atoms with Crippen LogP contribution in [0.2, 0.25) is 0 Å². The summed E-state index contributed by atoms with van der Waals surface area (Å²) in [6.07, 6.45) is 5.07. The van der Waals surface area contributed by atoms with E-state index in [0.717, 1.165) is 37.8 Å². The van der Waals surface area contributed by atoms with Gasteiger partial charge in [0.25, 0.3) is 0 Å². The molecule has 0 saturated carbocycles. The van der Waals surface area contributed by atoms with Crippen molar-refractivity contribution in [3.8, 4) is 0 Å². The number of hydrogen-bond donors (Lipinski definition) is 1. The Morgan fingerprint density at radius 1 is 1.26 bits per heavy atom. The molecule has 1 aliphatic rings. The number of para-hydroxylation sites is 1. The van der Waals surface area contributed by atoms with Crippen LogP contribution in [0.1, 0.15) is 52.0 Å². The Balaban J connectivity index is 2.26. The normalized spacial score (nSPS) is 22.2. The Morgan fingerprint density at radius 3 is 2.68 bits per heavy atom.